The van der Waals surface area contributed by atoms with Crippen molar-refractivity contribution in [2.24, 2.45) is 5.73 Å². The Labute approximate surface area is 124 Å². The number of carbonyl (C=O) groups excluding carboxylic acids is 1. The normalized spacial score (nSPS) is 15.4. The number of benzene rings is 1. The smallest absolute Gasteiger partial charge is 0.257 e. The van der Waals surface area contributed by atoms with Crippen LogP contribution >= 0.6 is 0 Å². The standard InChI is InChI=1S/C16H22F2N2O/c1-11-9-13(15(18)10-14(11)17)16(21)20(8-4-7-19)12-5-2-3-6-12/h9-10,12H,2-8,19H2,1H3. The van der Waals surface area contributed by atoms with Gasteiger partial charge in [0.1, 0.15) is 11.6 Å². The highest BCUT2D eigenvalue weighted by Gasteiger charge is 2.28. The van der Waals surface area contributed by atoms with E-state index >= 15 is 0 Å². The molecular formula is C16H22F2N2O. The van der Waals surface area contributed by atoms with Crippen LogP contribution in [0.2, 0.25) is 0 Å². The van der Waals surface area contributed by atoms with Crippen molar-refractivity contribution in [1.82, 2.24) is 4.90 Å². The molecule has 0 atom stereocenters. The molecule has 0 spiro atoms. The van der Waals surface area contributed by atoms with Gasteiger partial charge >= 0.3 is 0 Å². The quantitative estimate of drug-likeness (QED) is 0.908. The van der Waals surface area contributed by atoms with Gasteiger partial charge in [-0.1, -0.05) is 12.8 Å². The summed E-state index contributed by atoms with van der Waals surface area (Å²) in [6.07, 6.45) is 4.74. The van der Waals surface area contributed by atoms with Crippen LogP contribution in [0.5, 0.6) is 0 Å². The first-order valence-electron chi connectivity index (χ1n) is 7.51. The van der Waals surface area contributed by atoms with Gasteiger partial charge in [-0.2, -0.15) is 0 Å². The Balaban J connectivity index is 2.26. The van der Waals surface area contributed by atoms with Crippen LogP contribution in [0.15, 0.2) is 12.1 Å². The zero-order valence-corrected chi connectivity index (χ0v) is 12.4. The molecule has 1 aliphatic carbocycles. The average Bonchev–Trinajstić information content (AvgIpc) is 2.97. The molecule has 21 heavy (non-hydrogen) atoms. The van der Waals surface area contributed by atoms with E-state index in [-0.39, 0.29) is 23.1 Å². The number of halogens is 2. The van der Waals surface area contributed by atoms with Gasteiger partial charge in [-0.25, -0.2) is 8.78 Å². The Bertz CT molecular complexity index is 513. The Morgan fingerprint density at radius 2 is 1.95 bits per heavy atom. The molecule has 116 valence electrons. The molecule has 2 N–H and O–H groups in total. The van der Waals surface area contributed by atoms with Crippen molar-refractivity contribution in [3.05, 3.63) is 34.9 Å². The van der Waals surface area contributed by atoms with Gasteiger partial charge in [-0.3, -0.25) is 4.79 Å². The van der Waals surface area contributed by atoms with E-state index in [0.29, 0.717) is 19.5 Å². The first-order valence-corrected chi connectivity index (χ1v) is 7.51. The Morgan fingerprint density at radius 3 is 2.57 bits per heavy atom. The molecular weight excluding hydrogens is 274 g/mol. The third-order valence-electron chi connectivity index (χ3n) is 4.11. The summed E-state index contributed by atoms with van der Waals surface area (Å²) in [4.78, 5) is 14.4. The minimum Gasteiger partial charge on any atom is -0.336 e. The minimum atomic E-state index is -0.793. The molecule has 0 aromatic heterocycles. The number of nitrogens with two attached hydrogens (primary N) is 1. The zero-order valence-electron chi connectivity index (χ0n) is 12.4. The van der Waals surface area contributed by atoms with Gasteiger partial charge in [0.2, 0.25) is 0 Å². The van der Waals surface area contributed by atoms with Crippen LogP contribution < -0.4 is 5.73 Å². The molecule has 3 nitrogen and oxygen atoms in total. The van der Waals surface area contributed by atoms with E-state index in [4.69, 9.17) is 5.73 Å². The summed E-state index contributed by atoms with van der Waals surface area (Å²) in [5.41, 5.74) is 5.77. The minimum absolute atomic E-state index is 0.0437. The van der Waals surface area contributed by atoms with Gasteiger partial charge in [-0.15, -0.1) is 0 Å². The Hall–Kier alpha value is -1.49. The Kier molecular flexibility index (Phi) is 5.28. The maximum absolute atomic E-state index is 13.9. The van der Waals surface area contributed by atoms with Crippen LogP contribution in [0.3, 0.4) is 0 Å². The first kappa shape index (κ1) is 15.9. The summed E-state index contributed by atoms with van der Waals surface area (Å²) >= 11 is 0. The molecule has 1 aromatic carbocycles. The second-order valence-electron chi connectivity index (χ2n) is 5.66. The molecule has 0 unspecified atom stereocenters. The number of hydrogen-bond donors (Lipinski definition) is 1. The van der Waals surface area contributed by atoms with E-state index in [9.17, 15) is 13.6 Å². The lowest BCUT2D eigenvalue weighted by Crippen LogP contribution is -2.40. The number of amides is 1. The number of hydrogen-bond acceptors (Lipinski definition) is 2. The highest BCUT2D eigenvalue weighted by molar-refractivity contribution is 5.95. The number of nitrogens with zero attached hydrogens (tertiary/aromatic N) is 1. The van der Waals surface area contributed by atoms with Gasteiger partial charge < -0.3 is 10.6 Å². The second-order valence-corrected chi connectivity index (χ2v) is 5.66. The molecule has 0 heterocycles. The SMILES string of the molecule is Cc1cc(C(=O)N(CCCN)C2CCCC2)c(F)cc1F. The monoisotopic (exact) mass is 296 g/mol. The van der Waals surface area contributed by atoms with Crippen LogP contribution in [-0.2, 0) is 0 Å². The molecule has 1 amide bonds. The number of rotatable bonds is 5. The fraction of sp³-hybridized carbons (Fsp3) is 0.562. The second kappa shape index (κ2) is 6.98. The lowest BCUT2D eigenvalue weighted by molar-refractivity contribution is 0.0675. The molecule has 1 aliphatic rings. The largest absolute Gasteiger partial charge is 0.336 e. The van der Waals surface area contributed by atoms with Crippen molar-refractivity contribution < 1.29 is 13.6 Å². The highest BCUT2D eigenvalue weighted by Crippen LogP contribution is 2.26. The van der Waals surface area contributed by atoms with E-state index in [1.54, 1.807) is 4.90 Å². The van der Waals surface area contributed by atoms with Gasteiger partial charge in [0.15, 0.2) is 0 Å². The van der Waals surface area contributed by atoms with Crippen molar-refractivity contribution in [3.63, 3.8) is 0 Å². The summed E-state index contributed by atoms with van der Waals surface area (Å²) in [6.45, 7) is 2.54. The molecule has 5 heteroatoms. The van der Waals surface area contributed by atoms with E-state index in [1.165, 1.54) is 13.0 Å². The highest BCUT2D eigenvalue weighted by atomic mass is 19.1. The topological polar surface area (TPSA) is 46.3 Å². The molecule has 2 rings (SSSR count). The fourth-order valence-electron chi connectivity index (χ4n) is 2.90. The van der Waals surface area contributed by atoms with Gasteiger partial charge in [0.25, 0.3) is 5.91 Å². The van der Waals surface area contributed by atoms with Gasteiger partial charge in [0.05, 0.1) is 5.56 Å². The maximum atomic E-state index is 13.9. The number of aryl methyl sites for hydroxylation is 1. The van der Waals surface area contributed by atoms with E-state index in [1.807, 2.05) is 0 Å². The molecule has 1 fully saturated rings. The third kappa shape index (κ3) is 3.59. The van der Waals surface area contributed by atoms with Crippen LogP contribution in [0.1, 0.15) is 48.0 Å². The molecule has 0 bridgehead atoms. The first-order chi connectivity index (χ1) is 10.0. The summed E-state index contributed by atoms with van der Waals surface area (Å²) in [5.74, 6) is -1.77. The van der Waals surface area contributed by atoms with Crippen molar-refractivity contribution in [3.8, 4) is 0 Å². The number of carbonyl (C=O) groups is 1. The van der Waals surface area contributed by atoms with Crippen molar-refractivity contribution in [1.29, 1.82) is 0 Å². The lowest BCUT2D eigenvalue weighted by Gasteiger charge is -2.29. The average molecular weight is 296 g/mol. The van der Waals surface area contributed by atoms with Crippen LogP contribution in [0, 0.1) is 18.6 Å². The summed E-state index contributed by atoms with van der Waals surface area (Å²) < 4.78 is 27.3. The van der Waals surface area contributed by atoms with Gasteiger partial charge in [-0.05, 0) is 44.4 Å². The fourth-order valence-corrected chi connectivity index (χ4v) is 2.90. The Morgan fingerprint density at radius 1 is 1.29 bits per heavy atom. The predicted molar refractivity (Wildman–Crippen MR) is 78.1 cm³/mol. The van der Waals surface area contributed by atoms with E-state index < -0.39 is 11.6 Å². The predicted octanol–water partition coefficient (Wildman–Crippen LogP) is 3.01. The summed E-state index contributed by atoms with van der Waals surface area (Å²) in [5, 5.41) is 0. The molecule has 1 aromatic rings. The maximum Gasteiger partial charge on any atom is 0.257 e. The zero-order chi connectivity index (χ0) is 15.4. The lowest BCUT2D eigenvalue weighted by atomic mass is 10.1. The van der Waals surface area contributed by atoms with Gasteiger partial charge in [0, 0.05) is 18.7 Å². The van der Waals surface area contributed by atoms with Crippen molar-refractivity contribution >= 4 is 5.91 Å². The van der Waals surface area contributed by atoms with Crippen molar-refractivity contribution in [2.45, 2.75) is 45.1 Å². The van der Waals surface area contributed by atoms with Crippen molar-refractivity contribution in [2.75, 3.05) is 13.1 Å². The molecule has 0 aliphatic heterocycles. The summed E-state index contributed by atoms with van der Waals surface area (Å²) in [6, 6.07) is 2.24. The van der Waals surface area contributed by atoms with E-state index in [0.717, 1.165) is 31.7 Å². The summed E-state index contributed by atoms with van der Waals surface area (Å²) in [7, 11) is 0. The molecule has 0 saturated heterocycles. The third-order valence-corrected chi connectivity index (χ3v) is 4.11. The van der Waals surface area contributed by atoms with Crippen LogP contribution in [-0.4, -0.2) is 29.9 Å². The molecule has 0 radical (unpaired) electrons. The van der Waals surface area contributed by atoms with Crippen LogP contribution in [0.4, 0.5) is 8.78 Å². The van der Waals surface area contributed by atoms with E-state index in [2.05, 4.69) is 0 Å². The molecule has 1 saturated carbocycles. The van der Waals surface area contributed by atoms with Crippen LogP contribution in [0.25, 0.3) is 0 Å².